The Kier molecular flexibility index (Phi) is 3.62. The molecule has 2 saturated heterocycles. The summed E-state index contributed by atoms with van der Waals surface area (Å²) in [6, 6.07) is 3.20. The minimum Gasteiger partial charge on any atom is -0.393 e. The lowest BCUT2D eigenvalue weighted by Gasteiger charge is -2.37. The number of fused-ring (bicyclic) bond motifs is 2. The first-order valence-corrected chi connectivity index (χ1v) is 7.41. The summed E-state index contributed by atoms with van der Waals surface area (Å²) in [6.45, 7) is 0.291. The first-order chi connectivity index (χ1) is 9.06. The Morgan fingerprint density at radius 3 is 2.47 bits per heavy atom. The van der Waals surface area contributed by atoms with Crippen LogP contribution < -0.4 is 0 Å². The quantitative estimate of drug-likeness (QED) is 0.841. The maximum absolute atomic E-state index is 14.0. The number of rotatable bonds is 2. The number of aliphatic hydroxyl groups excluding tert-OH is 1. The molecule has 2 aliphatic heterocycles. The predicted molar refractivity (Wildman–Crippen MR) is 71.7 cm³/mol. The molecule has 0 radical (unpaired) electrons. The number of halogens is 3. The van der Waals surface area contributed by atoms with Gasteiger partial charge >= 0.3 is 0 Å². The van der Waals surface area contributed by atoms with Crippen molar-refractivity contribution in [3.8, 4) is 0 Å². The van der Waals surface area contributed by atoms with Gasteiger partial charge in [0.25, 0.3) is 0 Å². The summed E-state index contributed by atoms with van der Waals surface area (Å²) in [5, 5.41) is 9.74. The molecule has 1 aromatic carbocycles. The lowest BCUT2D eigenvalue weighted by molar-refractivity contribution is 0.0299. The molecule has 2 fully saturated rings. The minimum absolute atomic E-state index is 0.127. The van der Waals surface area contributed by atoms with Crippen LogP contribution in [0.1, 0.15) is 31.2 Å². The average molecular weight is 332 g/mol. The Hall–Kier alpha value is -0.520. The molecule has 2 unspecified atom stereocenters. The van der Waals surface area contributed by atoms with Crippen LogP contribution in [0.3, 0.4) is 0 Å². The van der Waals surface area contributed by atoms with E-state index in [-0.39, 0.29) is 23.8 Å². The van der Waals surface area contributed by atoms with E-state index in [0.29, 0.717) is 23.9 Å². The summed E-state index contributed by atoms with van der Waals surface area (Å²) in [7, 11) is 0. The second kappa shape index (κ2) is 5.11. The van der Waals surface area contributed by atoms with Gasteiger partial charge in [-0.3, -0.25) is 4.90 Å². The number of aliphatic hydroxyl groups is 1. The van der Waals surface area contributed by atoms with Gasteiger partial charge in [-0.2, -0.15) is 0 Å². The molecule has 2 bridgehead atoms. The van der Waals surface area contributed by atoms with Crippen molar-refractivity contribution in [3.63, 3.8) is 0 Å². The van der Waals surface area contributed by atoms with Crippen LogP contribution in [-0.4, -0.2) is 28.2 Å². The second-order valence-corrected chi connectivity index (χ2v) is 6.36. The molecule has 0 spiro atoms. The van der Waals surface area contributed by atoms with E-state index in [2.05, 4.69) is 20.8 Å². The van der Waals surface area contributed by atoms with Gasteiger partial charge in [0, 0.05) is 24.2 Å². The van der Waals surface area contributed by atoms with Crippen LogP contribution >= 0.6 is 15.9 Å². The van der Waals surface area contributed by atoms with Crippen molar-refractivity contribution in [2.75, 3.05) is 0 Å². The van der Waals surface area contributed by atoms with Crippen LogP contribution in [0.5, 0.6) is 0 Å². The summed E-state index contributed by atoms with van der Waals surface area (Å²) in [4.78, 5) is 2.15. The molecule has 1 aromatic rings. The molecule has 2 atom stereocenters. The standard InChI is InChI=1S/C14H16BrF2NO/c15-12-3-4-13(16)11(14(12)17)7-18-8-1-2-9(18)6-10(19)5-8/h3-4,8-10,19H,1-2,5-7H2. The molecule has 0 aromatic heterocycles. The normalized spacial score (nSPS) is 30.8. The average Bonchev–Trinajstić information content (AvgIpc) is 2.60. The highest BCUT2D eigenvalue weighted by Gasteiger charge is 2.40. The first kappa shape index (κ1) is 13.5. The fourth-order valence-corrected chi connectivity index (χ4v) is 3.77. The van der Waals surface area contributed by atoms with Crippen LogP contribution in [-0.2, 0) is 6.54 Å². The third-order valence-corrected chi connectivity index (χ3v) is 4.95. The third-order valence-electron chi connectivity index (χ3n) is 4.34. The van der Waals surface area contributed by atoms with E-state index in [1.54, 1.807) is 0 Å². The molecular weight excluding hydrogens is 316 g/mol. The van der Waals surface area contributed by atoms with Gasteiger partial charge < -0.3 is 5.11 Å². The summed E-state index contributed by atoms with van der Waals surface area (Å²) in [5.41, 5.74) is 0.127. The fraction of sp³-hybridized carbons (Fsp3) is 0.571. The van der Waals surface area contributed by atoms with Gasteiger partial charge in [-0.1, -0.05) is 0 Å². The van der Waals surface area contributed by atoms with E-state index in [9.17, 15) is 13.9 Å². The Labute approximate surface area is 119 Å². The van der Waals surface area contributed by atoms with Gasteiger partial charge in [0.15, 0.2) is 0 Å². The van der Waals surface area contributed by atoms with Crippen LogP contribution in [0, 0.1) is 11.6 Å². The number of nitrogens with zero attached hydrogens (tertiary/aromatic N) is 1. The van der Waals surface area contributed by atoms with Crippen molar-refractivity contribution in [2.45, 2.75) is 50.4 Å². The molecule has 2 nitrogen and oxygen atoms in total. The molecule has 0 amide bonds. The zero-order chi connectivity index (χ0) is 13.6. The number of hydrogen-bond donors (Lipinski definition) is 1. The highest BCUT2D eigenvalue weighted by molar-refractivity contribution is 9.10. The fourth-order valence-electron chi connectivity index (χ4n) is 3.40. The Balaban J connectivity index is 1.85. The van der Waals surface area contributed by atoms with Gasteiger partial charge in [0.2, 0.25) is 0 Å². The summed E-state index contributed by atoms with van der Waals surface area (Å²) < 4.78 is 28.1. The lowest BCUT2D eigenvalue weighted by atomic mass is 9.99. The van der Waals surface area contributed by atoms with E-state index < -0.39 is 11.6 Å². The Bertz CT molecular complexity index is 483. The van der Waals surface area contributed by atoms with Gasteiger partial charge in [-0.25, -0.2) is 8.78 Å². The maximum atomic E-state index is 14.0. The second-order valence-electron chi connectivity index (χ2n) is 5.50. The largest absolute Gasteiger partial charge is 0.393 e. The van der Waals surface area contributed by atoms with Crippen LogP contribution in [0.2, 0.25) is 0 Å². The van der Waals surface area contributed by atoms with Crippen molar-refractivity contribution in [3.05, 3.63) is 33.8 Å². The van der Waals surface area contributed by atoms with Gasteiger partial charge in [-0.15, -0.1) is 0 Å². The van der Waals surface area contributed by atoms with Gasteiger partial charge in [0.05, 0.1) is 10.6 Å². The third kappa shape index (κ3) is 2.43. The van der Waals surface area contributed by atoms with Crippen molar-refractivity contribution in [1.29, 1.82) is 0 Å². The molecule has 19 heavy (non-hydrogen) atoms. The molecular formula is C14H16BrF2NO. The smallest absolute Gasteiger partial charge is 0.144 e. The van der Waals surface area contributed by atoms with E-state index in [4.69, 9.17) is 0 Å². The molecule has 2 heterocycles. The topological polar surface area (TPSA) is 23.5 Å². The number of benzene rings is 1. The number of piperidine rings is 1. The Morgan fingerprint density at radius 1 is 1.21 bits per heavy atom. The van der Waals surface area contributed by atoms with Crippen LogP contribution in [0.25, 0.3) is 0 Å². The summed E-state index contributed by atoms with van der Waals surface area (Å²) >= 11 is 3.10. The van der Waals surface area contributed by atoms with Crippen molar-refractivity contribution in [2.24, 2.45) is 0 Å². The molecule has 1 N–H and O–H groups in total. The molecule has 104 valence electrons. The molecule has 3 rings (SSSR count). The highest BCUT2D eigenvalue weighted by atomic mass is 79.9. The van der Waals surface area contributed by atoms with Crippen molar-refractivity contribution in [1.82, 2.24) is 4.90 Å². The van der Waals surface area contributed by atoms with E-state index >= 15 is 0 Å². The van der Waals surface area contributed by atoms with E-state index in [1.165, 1.54) is 12.1 Å². The highest BCUT2D eigenvalue weighted by Crippen LogP contribution is 2.37. The van der Waals surface area contributed by atoms with Crippen molar-refractivity contribution >= 4 is 15.9 Å². The van der Waals surface area contributed by atoms with E-state index in [1.807, 2.05) is 0 Å². The molecule has 2 aliphatic rings. The minimum atomic E-state index is -0.509. The SMILES string of the molecule is OC1CC2CCC(C1)N2Cc1c(F)ccc(Br)c1F. The zero-order valence-corrected chi connectivity index (χ0v) is 12.0. The first-order valence-electron chi connectivity index (χ1n) is 6.62. The lowest BCUT2D eigenvalue weighted by Crippen LogP contribution is -2.44. The Morgan fingerprint density at radius 2 is 1.84 bits per heavy atom. The summed E-state index contributed by atoms with van der Waals surface area (Å²) in [6.07, 6.45) is 3.20. The zero-order valence-electron chi connectivity index (χ0n) is 10.5. The maximum Gasteiger partial charge on any atom is 0.144 e. The van der Waals surface area contributed by atoms with Crippen molar-refractivity contribution < 1.29 is 13.9 Å². The predicted octanol–water partition coefficient (Wildman–Crippen LogP) is 3.22. The summed E-state index contributed by atoms with van der Waals surface area (Å²) in [5.74, 6) is -1.00. The monoisotopic (exact) mass is 331 g/mol. The molecule has 0 saturated carbocycles. The molecule has 0 aliphatic carbocycles. The van der Waals surface area contributed by atoms with E-state index in [0.717, 1.165) is 12.8 Å². The number of hydrogen-bond acceptors (Lipinski definition) is 2. The van der Waals surface area contributed by atoms with Crippen LogP contribution in [0.15, 0.2) is 16.6 Å². The molecule has 5 heteroatoms. The van der Waals surface area contributed by atoms with Gasteiger partial charge in [0.1, 0.15) is 11.6 Å². The van der Waals surface area contributed by atoms with Crippen LogP contribution in [0.4, 0.5) is 8.78 Å². The van der Waals surface area contributed by atoms with Gasteiger partial charge in [-0.05, 0) is 53.7 Å².